The fourth-order valence-electron chi connectivity index (χ4n) is 1.05. The van der Waals surface area contributed by atoms with E-state index < -0.39 is 0 Å². The van der Waals surface area contributed by atoms with Crippen molar-refractivity contribution in [2.75, 3.05) is 7.05 Å². The zero-order chi connectivity index (χ0) is 10.6. The van der Waals surface area contributed by atoms with Crippen LogP contribution in [-0.4, -0.2) is 24.0 Å². The van der Waals surface area contributed by atoms with E-state index in [9.17, 15) is 4.79 Å². The predicted octanol–water partition coefficient (Wildman–Crippen LogP) is 0.676. The number of likely N-dealkylation sites (N-methyl/N-ethyl adjacent to an activating group) is 1. The van der Waals surface area contributed by atoms with Gasteiger partial charge in [0.05, 0.1) is 11.0 Å². The number of nitrogens with one attached hydrogen (secondary N) is 2. The van der Waals surface area contributed by atoms with Crippen molar-refractivity contribution < 1.29 is 4.79 Å². The molecule has 0 spiro atoms. The number of hydrogen-bond acceptors (Lipinski definition) is 4. The van der Waals surface area contributed by atoms with Gasteiger partial charge in [0, 0.05) is 24.7 Å². The van der Waals surface area contributed by atoms with Crippen molar-refractivity contribution in [2.24, 2.45) is 0 Å². The molecule has 0 fully saturated rings. The number of nitrogens with zero attached hydrogens (tertiary/aromatic N) is 1. The summed E-state index contributed by atoms with van der Waals surface area (Å²) in [7, 11) is 1.64. The van der Waals surface area contributed by atoms with Crippen molar-refractivity contribution in [1.82, 2.24) is 15.6 Å². The maximum Gasteiger partial charge on any atom is 0.236 e. The van der Waals surface area contributed by atoms with Crippen molar-refractivity contribution in [3.05, 3.63) is 16.1 Å². The molecule has 1 heterocycles. The van der Waals surface area contributed by atoms with Crippen LogP contribution >= 0.6 is 11.3 Å². The minimum absolute atomic E-state index is 0.00578. The highest BCUT2D eigenvalue weighted by Gasteiger charge is 2.09. The number of aryl methyl sites for hydroxylation is 1. The number of thiazole rings is 1. The Hall–Kier alpha value is -0.940. The summed E-state index contributed by atoms with van der Waals surface area (Å²) in [4.78, 5) is 16.4. The second-order valence-electron chi connectivity index (χ2n) is 3.06. The highest BCUT2D eigenvalue weighted by molar-refractivity contribution is 7.11. The molecule has 5 heteroatoms. The molecule has 2 N–H and O–H groups in total. The molecule has 0 saturated heterocycles. The molecule has 0 saturated carbocycles. The molecule has 1 rings (SSSR count). The molecule has 0 aromatic carbocycles. The molecule has 78 valence electrons. The monoisotopic (exact) mass is 213 g/mol. The number of carbonyl (C=O) groups is 1. The number of amides is 1. The van der Waals surface area contributed by atoms with Crippen molar-refractivity contribution in [2.45, 2.75) is 26.4 Å². The number of carbonyl (C=O) groups excluding carboxylic acids is 1. The van der Waals surface area contributed by atoms with E-state index in [4.69, 9.17) is 0 Å². The van der Waals surface area contributed by atoms with E-state index in [0.717, 1.165) is 9.88 Å². The number of rotatable bonds is 4. The molecule has 4 nitrogen and oxygen atoms in total. The molecule has 0 aliphatic rings. The maximum atomic E-state index is 11.2. The van der Waals surface area contributed by atoms with Gasteiger partial charge >= 0.3 is 0 Å². The third-order valence-electron chi connectivity index (χ3n) is 1.89. The molecule has 14 heavy (non-hydrogen) atoms. The summed E-state index contributed by atoms with van der Waals surface area (Å²) in [6, 6.07) is -0.164. The van der Waals surface area contributed by atoms with Crippen LogP contribution in [0.1, 0.15) is 16.8 Å². The number of aromatic nitrogens is 1. The van der Waals surface area contributed by atoms with Gasteiger partial charge in [-0.15, -0.1) is 11.3 Å². The van der Waals surface area contributed by atoms with Gasteiger partial charge in [0.1, 0.15) is 0 Å². The summed E-state index contributed by atoms with van der Waals surface area (Å²) in [5.74, 6) is 0.00578. The summed E-state index contributed by atoms with van der Waals surface area (Å²) >= 11 is 1.64. The summed E-state index contributed by atoms with van der Waals surface area (Å²) in [5.41, 5.74) is 0. The van der Waals surface area contributed by atoms with Crippen molar-refractivity contribution in [1.29, 1.82) is 0 Å². The van der Waals surface area contributed by atoms with E-state index >= 15 is 0 Å². The first kappa shape index (κ1) is 11.1. The van der Waals surface area contributed by atoms with Gasteiger partial charge in [-0.1, -0.05) is 0 Å². The normalized spacial score (nSPS) is 12.5. The molecule has 0 aliphatic carbocycles. The lowest BCUT2D eigenvalue weighted by molar-refractivity contribution is -0.122. The second kappa shape index (κ2) is 5.07. The summed E-state index contributed by atoms with van der Waals surface area (Å²) in [6.07, 6.45) is 1.84. The lowest BCUT2D eigenvalue weighted by Gasteiger charge is -2.10. The van der Waals surface area contributed by atoms with Gasteiger partial charge in [-0.05, 0) is 13.8 Å². The molecular formula is C9H15N3OS. The standard InChI is InChI=1S/C9H15N3OS/c1-6(9(13)10-3)11-4-8-5-12-7(2)14-8/h5-6,11H,4H2,1-3H3,(H,10,13). The Balaban J connectivity index is 2.37. The van der Waals surface area contributed by atoms with E-state index in [-0.39, 0.29) is 11.9 Å². The Morgan fingerprint density at radius 2 is 2.43 bits per heavy atom. The fraction of sp³-hybridized carbons (Fsp3) is 0.556. The summed E-state index contributed by atoms with van der Waals surface area (Å²) in [5, 5.41) is 6.76. The second-order valence-corrected chi connectivity index (χ2v) is 4.38. The molecule has 0 radical (unpaired) electrons. The van der Waals surface area contributed by atoms with E-state index in [1.807, 2.05) is 20.0 Å². The van der Waals surface area contributed by atoms with Gasteiger partial charge in [0.2, 0.25) is 5.91 Å². The van der Waals surface area contributed by atoms with Crippen molar-refractivity contribution in [3.63, 3.8) is 0 Å². The van der Waals surface area contributed by atoms with Gasteiger partial charge in [0.25, 0.3) is 0 Å². The largest absolute Gasteiger partial charge is 0.358 e. The lowest BCUT2D eigenvalue weighted by Crippen LogP contribution is -2.40. The highest BCUT2D eigenvalue weighted by Crippen LogP contribution is 2.10. The van der Waals surface area contributed by atoms with Gasteiger partial charge in [-0.25, -0.2) is 4.98 Å². The molecular weight excluding hydrogens is 198 g/mol. The molecule has 1 atom stereocenters. The third-order valence-corrected chi connectivity index (χ3v) is 2.80. The van der Waals surface area contributed by atoms with Crippen LogP contribution in [0.4, 0.5) is 0 Å². The fourth-order valence-corrected chi connectivity index (χ4v) is 1.80. The van der Waals surface area contributed by atoms with Gasteiger partial charge in [0.15, 0.2) is 0 Å². The topological polar surface area (TPSA) is 54.0 Å². The number of hydrogen-bond donors (Lipinski definition) is 2. The smallest absolute Gasteiger partial charge is 0.236 e. The third kappa shape index (κ3) is 3.08. The Labute approximate surface area is 87.7 Å². The van der Waals surface area contributed by atoms with Crippen LogP contribution in [-0.2, 0) is 11.3 Å². The zero-order valence-electron chi connectivity index (χ0n) is 8.63. The quantitative estimate of drug-likeness (QED) is 0.773. The predicted molar refractivity (Wildman–Crippen MR) is 57.2 cm³/mol. The molecule has 0 bridgehead atoms. The van der Waals surface area contributed by atoms with Crippen LogP contribution in [0.15, 0.2) is 6.20 Å². The molecule has 1 amide bonds. The van der Waals surface area contributed by atoms with Gasteiger partial charge in [-0.2, -0.15) is 0 Å². The minimum atomic E-state index is -0.164. The summed E-state index contributed by atoms with van der Waals surface area (Å²) in [6.45, 7) is 4.50. The average Bonchev–Trinajstić information content (AvgIpc) is 2.59. The van der Waals surface area contributed by atoms with Gasteiger partial charge in [-0.3, -0.25) is 4.79 Å². The van der Waals surface area contributed by atoms with E-state index in [0.29, 0.717) is 6.54 Å². The Morgan fingerprint density at radius 3 is 2.93 bits per heavy atom. The zero-order valence-corrected chi connectivity index (χ0v) is 9.44. The van der Waals surface area contributed by atoms with Crippen LogP contribution in [0.2, 0.25) is 0 Å². The minimum Gasteiger partial charge on any atom is -0.358 e. The molecule has 0 aliphatic heterocycles. The Bertz CT molecular complexity index is 311. The highest BCUT2D eigenvalue weighted by atomic mass is 32.1. The average molecular weight is 213 g/mol. The van der Waals surface area contributed by atoms with Crippen molar-refractivity contribution in [3.8, 4) is 0 Å². The first-order chi connectivity index (χ1) is 6.63. The van der Waals surface area contributed by atoms with Crippen molar-refractivity contribution >= 4 is 17.2 Å². The lowest BCUT2D eigenvalue weighted by atomic mass is 10.3. The molecule has 1 aromatic heterocycles. The summed E-state index contributed by atoms with van der Waals surface area (Å²) < 4.78 is 0. The van der Waals surface area contributed by atoms with Crippen LogP contribution in [0, 0.1) is 6.92 Å². The Morgan fingerprint density at radius 1 is 1.71 bits per heavy atom. The first-order valence-corrected chi connectivity index (χ1v) is 5.31. The van der Waals surface area contributed by atoms with Crippen LogP contribution in [0.25, 0.3) is 0 Å². The van der Waals surface area contributed by atoms with E-state index in [1.54, 1.807) is 18.4 Å². The molecule has 1 unspecified atom stereocenters. The SMILES string of the molecule is CNC(=O)C(C)NCc1cnc(C)s1. The van der Waals surface area contributed by atoms with E-state index in [1.165, 1.54) is 0 Å². The van der Waals surface area contributed by atoms with Crippen LogP contribution in [0.3, 0.4) is 0 Å². The van der Waals surface area contributed by atoms with Crippen LogP contribution < -0.4 is 10.6 Å². The van der Waals surface area contributed by atoms with Gasteiger partial charge < -0.3 is 10.6 Å². The maximum absolute atomic E-state index is 11.2. The van der Waals surface area contributed by atoms with Crippen LogP contribution in [0.5, 0.6) is 0 Å². The first-order valence-electron chi connectivity index (χ1n) is 4.49. The van der Waals surface area contributed by atoms with E-state index in [2.05, 4.69) is 15.6 Å². The Kier molecular flexibility index (Phi) is 4.03. The molecule has 1 aromatic rings.